The third kappa shape index (κ3) is 2.57. The lowest BCUT2D eigenvalue weighted by atomic mass is 10.3. The summed E-state index contributed by atoms with van der Waals surface area (Å²) in [5, 5.41) is 0.216. The molecule has 1 aliphatic heterocycles. The first kappa shape index (κ1) is 14.2. The van der Waals surface area contributed by atoms with Crippen LogP contribution in [0.3, 0.4) is 0 Å². The van der Waals surface area contributed by atoms with E-state index in [4.69, 9.17) is 9.47 Å². The fourth-order valence-electron chi connectivity index (χ4n) is 2.15. The second-order valence-electron chi connectivity index (χ2n) is 4.75. The minimum Gasteiger partial charge on any atom is -0.454 e. The molecule has 23 heavy (non-hydrogen) atoms. The van der Waals surface area contributed by atoms with Crippen LogP contribution in [0, 0.1) is 5.82 Å². The van der Waals surface area contributed by atoms with Crippen LogP contribution in [0.1, 0.15) is 0 Å². The van der Waals surface area contributed by atoms with E-state index in [1.165, 1.54) is 23.5 Å². The molecule has 1 aromatic heterocycles. The number of hydrogen-bond donors (Lipinski definition) is 1. The highest BCUT2D eigenvalue weighted by molar-refractivity contribution is 7.93. The molecular weight excluding hydrogens is 343 g/mol. The number of rotatable bonds is 3. The van der Waals surface area contributed by atoms with E-state index in [0.29, 0.717) is 17.0 Å². The summed E-state index contributed by atoms with van der Waals surface area (Å²) in [5.74, 6) is 0.684. The number of benzene rings is 2. The Hall–Kier alpha value is -2.39. The van der Waals surface area contributed by atoms with Crippen molar-refractivity contribution < 1.29 is 22.3 Å². The van der Waals surface area contributed by atoms with Crippen molar-refractivity contribution in [1.82, 2.24) is 4.98 Å². The van der Waals surface area contributed by atoms with E-state index in [1.54, 1.807) is 12.1 Å². The van der Waals surface area contributed by atoms with Gasteiger partial charge in [-0.1, -0.05) is 11.3 Å². The standard InChI is InChI=1S/C14H9FN2O4S2/c15-8-1-3-9(4-2-8)23(18,19)17-14-16-10-5-11-12(21-7-20-11)6-13(10)22-14/h1-6H,7H2,(H,16,17). The van der Waals surface area contributed by atoms with Crippen molar-refractivity contribution in [3.05, 3.63) is 42.2 Å². The van der Waals surface area contributed by atoms with Crippen LogP contribution < -0.4 is 14.2 Å². The lowest BCUT2D eigenvalue weighted by molar-refractivity contribution is 0.174. The third-order valence-electron chi connectivity index (χ3n) is 3.23. The minimum atomic E-state index is -3.82. The molecule has 2 heterocycles. The maximum absolute atomic E-state index is 12.9. The summed E-state index contributed by atoms with van der Waals surface area (Å²) in [6.07, 6.45) is 0. The molecule has 2 aromatic carbocycles. The highest BCUT2D eigenvalue weighted by atomic mass is 32.2. The number of fused-ring (bicyclic) bond motifs is 2. The largest absolute Gasteiger partial charge is 0.454 e. The Labute approximate surface area is 134 Å². The van der Waals surface area contributed by atoms with Gasteiger partial charge in [0.25, 0.3) is 10.0 Å². The Morgan fingerprint density at radius 3 is 2.57 bits per heavy atom. The predicted molar refractivity (Wildman–Crippen MR) is 83.0 cm³/mol. The molecule has 0 radical (unpaired) electrons. The second kappa shape index (κ2) is 5.07. The number of anilines is 1. The van der Waals surface area contributed by atoms with Crippen molar-refractivity contribution in [3.8, 4) is 11.5 Å². The Morgan fingerprint density at radius 1 is 1.13 bits per heavy atom. The van der Waals surface area contributed by atoms with Crippen LogP contribution >= 0.6 is 11.3 Å². The van der Waals surface area contributed by atoms with Crippen LogP contribution in [0.4, 0.5) is 9.52 Å². The smallest absolute Gasteiger partial charge is 0.263 e. The maximum Gasteiger partial charge on any atom is 0.263 e. The molecule has 3 aromatic rings. The lowest BCUT2D eigenvalue weighted by Gasteiger charge is -2.04. The van der Waals surface area contributed by atoms with Crippen LogP contribution in [0.2, 0.25) is 0 Å². The van der Waals surface area contributed by atoms with Crippen molar-refractivity contribution in [3.63, 3.8) is 0 Å². The van der Waals surface area contributed by atoms with Gasteiger partial charge in [-0.3, -0.25) is 4.72 Å². The summed E-state index contributed by atoms with van der Waals surface area (Å²) in [5.41, 5.74) is 0.607. The SMILES string of the molecule is O=S(=O)(Nc1nc2cc3c(cc2s1)OCO3)c1ccc(F)cc1. The fraction of sp³-hybridized carbons (Fsp3) is 0.0714. The zero-order chi connectivity index (χ0) is 16.0. The monoisotopic (exact) mass is 352 g/mol. The van der Waals surface area contributed by atoms with E-state index in [9.17, 15) is 12.8 Å². The molecule has 4 rings (SSSR count). The van der Waals surface area contributed by atoms with Crippen LogP contribution in [0.15, 0.2) is 41.3 Å². The first-order valence-electron chi connectivity index (χ1n) is 6.50. The van der Waals surface area contributed by atoms with Crippen molar-refractivity contribution in [2.75, 3.05) is 11.5 Å². The van der Waals surface area contributed by atoms with Crippen molar-refractivity contribution in [1.29, 1.82) is 0 Å². The summed E-state index contributed by atoms with van der Waals surface area (Å²) < 4.78 is 51.2. The molecule has 0 bridgehead atoms. The van der Waals surface area contributed by atoms with Crippen LogP contribution in [-0.2, 0) is 10.0 Å². The Bertz CT molecular complexity index is 959. The number of thiazole rings is 1. The second-order valence-corrected chi connectivity index (χ2v) is 7.46. The zero-order valence-corrected chi connectivity index (χ0v) is 13.1. The topological polar surface area (TPSA) is 77.5 Å². The molecule has 1 N–H and O–H groups in total. The Morgan fingerprint density at radius 2 is 1.83 bits per heavy atom. The molecule has 0 fully saturated rings. The third-order valence-corrected chi connectivity index (χ3v) is 5.65. The van der Waals surface area contributed by atoms with Gasteiger partial charge < -0.3 is 9.47 Å². The van der Waals surface area contributed by atoms with Gasteiger partial charge in [0.15, 0.2) is 16.6 Å². The number of sulfonamides is 1. The first-order valence-corrected chi connectivity index (χ1v) is 8.80. The summed E-state index contributed by atoms with van der Waals surface area (Å²) in [6.45, 7) is 0.163. The van der Waals surface area contributed by atoms with E-state index in [2.05, 4.69) is 9.71 Å². The van der Waals surface area contributed by atoms with Gasteiger partial charge in [0.2, 0.25) is 6.79 Å². The van der Waals surface area contributed by atoms with Gasteiger partial charge in [-0.2, -0.15) is 0 Å². The van der Waals surface area contributed by atoms with E-state index >= 15 is 0 Å². The summed E-state index contributed by atoms with van der Waals surface area (Å²) in [4.78, 5) is 4.20. The van der Waals surface area contributed by atoms with Crippen LogP contribution in [0.25, 0.3) is 10.2 Å². The molecule has 1 aliphatic rings. The van der Waals surface area contributed by atoms with Crippen LogP contribution in [-0.4, -0.2) is 20.2 Å². The van der Waals surface area contributed by atoms with Crippen molar-refractivity contribution in [2.24, 2.45) is 0 Å². The Balaban J connectivity index is 1.68. The van der Waals surface area contributed by atoms with Gasteiger partial charge in [0, 0.05) is 12.1 Å². The van der Waals surface area contributed by atoms with Gasteiger partial charge in [0.1, 0.15) is 5.82 Å². The van der Waals surface area contributed by atoms with Crippen molar-refractivity contribution >= 4 is 36.7 Å². The first-order chi connectivity index (χ1) is 11.0. The number of ether oxygens (including phenoxy) is 2. The van der Waals surface area contributed by atoms with Gasteiger partial charge in [-0.15, -0.1) is 0 Å². The molecule has 118 valence electrons. The van der Waals surface area contributed by atoms with Crippen molar-refractivity contribution in [2.45, 2.75) is 4.90 Å². The zero-order valence-electron chi connectivity index (χ0n) is 11.4. The molecular formula is C14H9FN2O4S2. The predicted octanol–water partition coefficient (Wildman–Crippen LogP) is 2.96. The van der Waals surface area contributed by atoms with E-state index in [1.807, 2.05) is 0 Å². The highest BCUT2D eigenvalue weighted by Gasteiger charge is 2.19. The molecule has 0 spiro atoms. The Kier molecular flexibility index (Phi) is 3.13. The molecule has 0 saturated heterocycles. The lowest BCUT2D eigenvalue weighted by Crippen LogP contribution is -2.12. The average Bonchev–Trinajstić information content (AvgIpc) is 3.09. The van der Waals surface area contributed by atoms with Gasteiger partial charge in [0.05, 0.1) is 15.1 Å². The summed E-state index contributed by atoms with van der Waals surface area (Å²) in [6, 6.07) is 8.02. The molecule has 0 unspecified atom stereocenters. The highest BCUT2D eigenvalue weighted by Crippen LogP contribution is 2.39. The number of nitrogens with zero attached hydrogens (tertiary/aromatic N) is 1. The quantitative estimate of drug-likeness (QED) is 0.784. The van der Waals surface area contributed by atoms with E-state index in [-0.39, 0.29) is 16.8 Å². The van der Waals surface area contributed by atoms with Crippen LogP contribution in [0.5, 0.6) is 11.5 Å². The van der Waals surface area contributed by atoms with Gasteiger partial charge in [-0.05, 0) is 24.3 Å². The molecule has 9 heteroatoms. The number of aromatic nitrogens is 1. The normalized spacial score (nSPS) is 13.4. The molecule has 6 nitrogen and oxygen atoms in total. The summed E-state index contributed by atoms with van der Waals surface area (Å²) in [7, 11) is -3.82. The maximum atomic E-state index is 12.9. The van der Waals surface area contributed by atoms with E-state index in [0.717, 1.165) is 16.8 Å². The number of nitrogens with one attached hydrogen (secondary N) is 1. The van der Waals surface area contributed by atoms with Gasteiger partial charge in [-0.25, -0.2) is 17.8 Å². The fourth-order valence-corrected chi connectivity index (χ4v) is 4.26. The average molecular weight is 352 g/mol. The van der Waals surface area contributed by atoms with E-state index < -0.39 is 15.8 Å². The van der Waals surface area contributed by atoms with Gasteiger partial charge >= 0.3 is 0 Å². The molecule has 0 atom stereocenters. The number of hydrogen-bond acceptors (Lipinski definition) is 6. The summed E-state index contributed by atoms with van der Waals surface area (Å²) >= 11 is 1.18. The molecule has 0 aliphatic carbocycles. The molecule has 0 amide bonds. The number of halogens is 1. The minimum absolute atomic E-state index is 0.0349. The molecule has 0 saturated carbocycles.